The second-order valence-electron chi connectivity index (χ2n) is 5.94. The van der Waals surface area contributed by atoms with Crippen LogP contribution in [0, 0.1) is 0 Å². The highest BCUT2D eigenvalue weighted by atomic mass is 16.5. The lowest BCUT2D eigenvalue weighted by Gasteiger charge is -2.31. The van der Waals surface area contributed by atoms with Crippen LogP contribution >= 0.6 is 0 Å². The van der Waals surface area contributed by atoms with Gasteiger partial charge in [0.15, 0.2) is 18.0 Å². The Hall–Kier alpha value is -1.79. The van der Waals surface area contributed by atoms with Crippen LogP contribution in [0.15, 0.2) is 24.3 Å². The van der Waals surface area contributed by atoms with Crippen LogP contribution in [0.2, 0.25) is 0 Å². The molecule has 0 aliphatic carbocycles. The van der Waals surface area contributed by atoms with Crippen LogP contribution in [0.4, 0.5) is 0 Å². The monoisotopic (exact) mass is 323 g/mol. The number of ether oxygens (including phenoxy) is 3. The molecule has 1 aromatic carbocycles. The molecule has 0 bridgehead atoms. The maximum Gasteiger partial charge on any atom is 0.275 e. The minimum atomic E-state index is 0.0462. The predicted octanol–water partition coefficient (Wildman–Crippen LogP) is -0.118. The van der Waals surface area contributed by atoms with Gasteiger partial charge in [-0.15, -0.1) is 0 Å². The van der Waals surface area contributed by atoms with Crippen LogP contribution < -0.4 is 19.7 Å². The molecule has 1 aliphatic rings. The van der Waals surface area contributed by atoms with Crippen LogP contribution in [0.3, 0.4) is 0 Å². The third-order valence-corrected chi connectivity index (χ3v) is 3.78. The summed E-state index contributed by atoms with van der Waals surface area (Å²) in [5.74, 6) is 1.43. The number of carbonyl (C=O) groups is 1. The van der Waals surface area contributed by atoms with E-state index in [2.05, 4.69) is 19.2 Å². The second kappa shape index (κ2) is 8.74. The highest BCUT2D eigenvalue weighted by Gasteiger charge is 2.26. The van der Waals surface area contributed by atoms with Crippen molar-refractivity contribution in [3.63, 3.8) is 0 Å². The standard InChI is InChI=1S/C17H26N2O4/c1-13-10-19(11-14(2)23-13)12-17(20)18-8-9-22-16-7-5-4-6-15(16)21-3/h4-7,13-14H,8-12H2,1-3H3,(H,18,20)/p+1/t13-,14-/m0/s1. The Morgan fingerprint density at radius 3 is 2.57 bits per heavy atom. The topological polar surface area (TPSA) is 61.2 Å². The van der Waals surface area contributed by atoms with E-state index in [0.717, 1.165) is 13.1 Å². The number of para-hydroxylation sites is 2. The fourth-order valence-corrected chi connectivity index (χ4v) is 2.91. The molecular weight excluding hydrogens is 296 g/mol. The fourth-order valence-electron chi connectivity index (χ4n) is 2.91. The average molecular weight is 323 g/mol. The van der Waals surface area contributed by atoms with Gasteiger partial charge < -0.3 is 24.4 Å². The van der Waals surface area contributed by atoms with Gasteiger partial charge in [0.1, 0.15) is 31.9 Å². The third kappa shape index (κ3) is 5.73. The first kappa shape index (κ1) is 17.6. The summed E-state index contributed by atoms with van der Waals surface area (Å²) in [5, 5.41) is 2.90. The summed E-state index contributed by atoms with van der Waals surface area (Å²) in [6.45, 7) is 7.21. The molecule has 0 radical (unpaired) electrons. The Morgan fingerprint density at radius 1 is 1.26 bits per heavy atom. The molecule has 0 saturated carbocycles. The van der Waals surface area contributed by atoms with E-state index in [9.17, 15) is 4.79 Å². The molecule has 6 nitrogen and oxygen atoms in total. The van der Waals surface area contributed by atoms with Crippen LogP contribution in [-0.2, 0) is 9.53 Å². The lowest BCUT2D eigenvalue weighted by Crippen LogP contribution is -3.16. The Labute approximate surface area is 137 Å². The number of quaternary nitrogens is 1. The van der Waals surface area contributed by atoms with Crippen LogP contribution in [0.5, 0.6) is 11.5 Å². The van der Waals surface area contributed by atoms with Gasteiger partial charge in [-0.25, -0.2) is 0 Å². The second-order valence-corrected chi connectivity index (χ2v) is 5.94. The molecule has 0 spiro atoms. The Morgan fingerprint density at radius 2 is 1.91 bits per heavy atom. The maximum absolute atomic E-state index is 12.0. The maximum atomic E-state index is 12.0. The van der Waals surface area contributed by atoms with Crippen molar-refractivity contribution in [2.75, 3.05) is 39.9 Å². The number of carbonyl (C=O) groups excluding carboxylic acids is 1. The lowest BCUT2D eigenvalue weighted by molar-refractivity contribution is -0.907. The zero-order valence-electron chi connectivity index (χ0n) is 14.1. The minimum Gasteiger partial charge on any atom is -0.493 e. The number of rotatable bonds is 7. The highest BCUT2D eigenvalue weighted by Crippen LogP contribution is 2.25. The van der Waals surface area contributed by atoms with E-state index in [-0.39, 0.29) is 18.1 Å². The number of hydrogen-bond acceptors (Lipinski definition) is 4. The first-order valence-corrected chi connectivity index (χ1v) is 8.10. The van der Waals surface area contributed by atoms with Crippen LogP contribution in [0.1, 0.15) is 13.8 Å². The molecule has 2 N–H and O–H groups in total. The number of nitrogens with one attached hydrogen (secondary N) is 2. The smallest absolute Gasteiger partial charge is 0.275 e. The van der Waals surface area contributed by atoms with Crippen molar-refractivity contribution in [2.24, 2.45) is 0 Å². The van der Waals surface area contributed by atoms with Crippen molar-refractivity contribution in [3.05, 3.63) is 24.3 Å². The van der Waals surface area contributed by atoms with E-state index in [1.54, 1.807) is 7.11 Å². The van der Waals surface area contributed by atoms with Gasteiger partial charge in [0, 0.05) is 0 Å². The minimum absolute atomic E-state index is 0.0462. The molecule has 1 heterocycles. The molecule has 6 heteroatoms. The number of benzene rings is 1. The molecule has 128 valence electrons. The van der Waals surface area contributed by atoms with Crippen molar-refractivity contribution in [2.45, 2.75) is 26.1 Å². The molecule has 0 unspecified atom stereocenters. The lowest BCUT2D eigenvalue weighted by atomic mass is 10.2. The van der Waals surface area contributed by atoms with E-state index in [1.807, 2.05) is 24.3 Å². The van der Waals surface area contributed by atoms with Gasteiger partial charge in [-0.05, 0) is 26.0 Å². The molecule has 1 saturated heterocycles. The van der Waals surface area contributed by atoms with Gasteiger partial charge in [0.25, 0.3) is 5.91 Å². The Balaban J connectivity index is 1.67. The summed E-state index contributed by atoms with van der Waals surface area (Å²) in [5.41, 5.74) is 0. The zero-order valence-corrected chi connectivity index (χ0v) is 14.1. The first-order chi connectivity index (χ1) is 11.1. The van der Waals surface area contributed by atoms with Crippen LogP contribution in [-0.4, -0.2) is 58.0 Å². The molecule has 2 atom stereocenters. The summed E-state index contributed by atoms with van der Waals surface area (Å²) >= 11 is 0. The summed E-state index contributed by atoms with van der Waals surface area (Å²) in [6, 6.07) is 7.47. The molecule has 23 heavy (non-hydrogen) atoms. The number of hydrogen-bond donors (Lipinski definition) is 2. The summed E-state index contributed by atoms with van der Waals surface area (Å²) in [4.78, 5) is 13.3. The van der Waals surface area contributed by atoms with Gasteiger partial charge in [0.05, 0.1) is 13.7 Å². The molecule has 0 aromatic heterocycles. The molecule has 1 aliphatic heterocycles. The van der Waals surface area contributed by atoms with Crippen molar-refractivity contribution in [1.82, 2.24) is 5.32 Å². The van der Waals surface area contributed by atoms with Gasteiger partial charge in [-0.3, -0.25) is 4.79 Å². The average Bonchev–Trinajstić information content (AvgIpc) is 2.51. The van der Waals surface area contributed by atoms with E-state index in [1.165, 1.54) is 4.90 Å². The molecule has 1 fully saturated rings. The fraction of sp³-hybridized carbons (Fsp3) is 0.588. The van der Waals surface area contributed by atoms with E-state index in [0.29, 0.717) is 31.2 Å². The number of methoxy groups -OCH3 is 1. The van der Waals surface area contributed by atoms with Crippen molar-refractivity contribution in [1.29, 1.82) is 0 Å². The predicted molar refractivity (Wildman–Crippen MR) is 87.1 cm³/mol. The molecule has 2 rings (SSSR count). The van der Waals surface area contributed by atoms with Gasteiger partial charge in [-0.1, -0.05) is 12.1 Å². The van der Waals surface area contributed by atoms with E-state index in [4.69, 9.17) is 14.2 Å². The third-order valence-electron chi connectivity index (χ3n) is 3.78. The van der Waals surface area contributed by atoms with E-state index >= 15 is 0 Å². The van der Waals surface area contributed by atoms with Crippen molar-refractivity contribution >= 4 is 5.91 Å². The van der Waals surface area contributed by atoms with E-state index < -0.39 is 0 Å². The quantitative estimate of drug-likeness (QED) is 0.687. The molecular formula is C17H27N2O4+. The Kier molecular flexibility index (Phi) is 6.67. The SMILES string of the molecule is COc1ccccc1OCCNC(=O)C[NH+]1C[C@H](C)O[C@@H](C)C1. The number of morpholine rings is 1. The Bertz CT molecular complexity index is 499. The molecule has 1 amide bonds. The van der Waals surface area contributed by atoms with Gasteiger partial charge in [0.2, 0.25) is 0 Å². The van der Waals surface area contributed by atoms with Crippen LogP contribution in [0.25, 0.3) is 0 Å². The summed E-state index contributed by atoms with van der Waals surface area (Å²) in [7, 11) is 1.61. The summed E-state index contributed by atoms with van der Waals surface area (Å²) < 4.78 is 16.5. The van der Waals surface area contributed by atoms with Gasteiger partial charge >= 0.3 is 0 Å². The van der Waals surface area contributed by atoms with Gasteiger partial charge in [-0.2, -0.15) is 0 Å². The normalized spacial score (nSPS) is 24.0. The number of amides is 1. The molecule has 1 aromatic rings. The van der Waals surface area contributed by atoms with Crippen molar-refractivity contribution < 1.29 is 23.9 Å². The van der Waals surface area contributed by atoms with Crippen molar-refractivity contribution in [3.8, 4) is 11.5 Å². The summed E-state index contributed by atoms with van der Waals surface area (Å²) in [6.07, 6.45) is 0.408. The largest absolute Gasteiger partial charge is 0.493 e. The highest BCUT2D eigenvalue weighted by molar-refractivity contribution is 5.76. The first-order valence-electron chi connectivity index (χ1n) is 8.10. The zero-order chi connectivity index (χ0) is 16.7.